The Hall–Kier alpha value is -2.36. The van der Waals surface area contributed by atoms with E-state index < -0.39 is 5.97 Å². The van der Waals surface area contributed by atoms with E-state index in [2.05, 4.69) is 10.2 Å². The van der Waals surface area contributed by atoms with Gasteiger partial charge in [-0.1, -0.05) is 30.3 Å². The number of aromatic nitrogens is 2. The monoisotopic (exact) mass is 214 g/mol. The van der Waals surface area contributed by atoms with Crippen molar-refractivity contribution in [3.63, 3.8) is 0 Å². The van der Waals surface area contributed by atoms with E-state index in [0.29, 0.717) is 0 Å². The molecular formula is C12H10N2O2. The van der Waals surface area contributed by atoms with Crippen LogP contribution in [0, 0.1) is 0 Å². The van der Waals surface area contributed by atoms with Gasteiger partial charge >= 0.3 is 5.97 Å². The van der Waals surface area contributed by atoms with Crippen LogP contribution in [0.3, 0.4) is 0 Å². The summed E-state index contributed by atoms with van der Waals surface area (Å²) in [4.78, 5) is 10.4. The SMILES string of the molecule is O=C(O)/C=C/c1cn[nH]c1-c1ccccc1. The van der Waals surface area contributed by atoms with Gasteiger partial charge in [-0.25, -0.2) is 4.79 Å². The van der Waals surface area contributed by atoms with Gasteiger partial charge in [0.25, 0.3) is 0 Å². The van der Waals surface area contributed by atoms with Crippen molar-refractivity contribution in [3.8, 4) is 11.3 Å². The molecule has 0 aliphatic heterocycles. The lowest BCUT2D eigenvalue weighted by Gasteiger charge is -1.98. The number of carbonyl (C=O) groups is 1. The number of aliphatic carboxylic acids is 1. The summed E-state index contributed by atoms with van der Waals surface area (Å²) in [6.45, 7) is 0. The highest BCUT2D eigenvalue weighted by Crippen LogP contribution is 2.21. The topological polar surface area (TPSA) is 66.0 Å². The molecule has 4 heteroatoms. The quantitative estimate of drug-likeness (QED) is 0.769. The summed E-state index contributed by atoms with van der Waals surface area (Å²) in [5.74, 6) is -0.972. The third-order valence-electron chi connectivity index (χ3n) is 2.14. The van der Waals surface area contributed by atoms with Crippen molar-refractivity contribution in [2.24, 2.45) is 0 Å². The number of hydrogen-bond acceptors (Lipinski definition) is 2. The average Bonchev–Trinajstić information content (AvgIpc) is 2.75. The highest BCUT2D eigenvalue weighted by atomic mass is 16.4. The first-order chi connectivity index (χ1) is 7.77. The molecule has 2 rings (SSSR count). The summed E-state index contributed by atoms with van der Waals surface area (Å²) in [7, 11) is 0. The van der Waals surface area contributed by atoms with E-state index in [0.717, 1.165) is 22.9 Å². The van der Waals surface area contributed by atoms with E-state index >= 15 is 0 Å². The normalized spacial score (nSPS) is 10.8. The maximum atomic E-state index is 10.4. The summed E-state index contributed by atoms with van der Waals surface area (Å²) >= 11 is 0. The van der Waals surface area contributed by atoms with Crippen LogP contribution >= 0.6 is 0 Å². The number of nitrogens with one attached hydrogen (secondary N) is 1. The molecule has 0 fully saturated rings. The fourth-order valence-electron chi connectivity index (χ4n) is 1.42. The highest BCUT2D eigenvalue weighted by Gasteiger charge is 2.04. The molecule has 1 aromatic carbocycles. The van der Waals surface area contributed by atoms with Crippen LogP contribution in [-0.4, -0.2) is 21.3 Å². The first kappa shape index (κ1) is 10.2. The van der Waals surface area contributed by atoms with Gasteiger partial charge in [-0.2, -0.15) is 5.10 Å². The Morgan fingerprint density at radius 2 is 2.06 bits per heavy atom. The second-order valence-electron chi connectivity index (χ2n) is 3.24. The number of aromatic amines is 1. The minimum atomic E-state index is -0.972. The van der Waals surface area contributed by atoms with Crippen molar-refractivity contribution in [1.82, 2.24) is 10.2 Å². The van der Waals surface area contributed by atoms with Crippen molar-refractivity contribution in [3.05, 3.63) is 48.2 Å². The van der Waals surface area contributed by atoms with E-state index in [4.69, 9.17) is 5.11 Å². The second kappa shape index (κ2) is 4.44. The predicted molar refractivity (Wildman–Crippen MR) is 60.7 cm³/mol. The lowest BCUT2D eigenvalue weighted by atomic mass is 10.1. The molecule has 0 spiro atoms. The maximum Gasteiger partial charge on any atom is 0.328 e. The molecule has 0 unspecified atom stereocenters. The smallest absolute Gasteiger partial charge is 0.328 e. The van der Waals surface area contributed by atoms with Gasteiger partial charge in [-0.3, -0.25) is 5.10 Å². The molecule has 1 aromatic heterocycles. The molecule has 0 aliphatic carbocycles. The summed E-state index contributed by atoms with van der Waals surface area (Å²) < 4.78 is 0. The Kier molecular flexibility index (Phi) is 2.82. The van der Waals surface area contributed by atoms with Crippen molar-refractivity contribution in [2.45, 2.75) is 0 Å². The predicted octanol–water partition coefficient (Wildman–Crippen LogP) is 2.17. The summed E-state index contributed by atoms with van der Waals surface area (Å²) in [6.07, 6.45) is 4.22. The van der Waals surface area contributed by atoms with Gasteiger partial charge in [0.2, 0.25) is 0 Å². The molecule has 80 valence electrons. The largest absolute Gasteiger partial charge is 0.478 e. The van der Waals surface area contributed by atoms with Crippen LogP contribution in [0.1, 0.15) is 5.56 Å². The summed E-state index contributed by atoms with van der Waals surface area (Å²) in [5.41, 5.74) is 2.55. The maximum absolute atomic E-state index is 10.4. The van der Waals surface area contributed by atoms with Crippen molar-refractivity contribution in [1.29, 1.82) is 0 Å². The minimum absolute atomic E-state index is 0.758. The highest BCUT2D eigenvalue weighted by molar-refractivity contribution is 5.87. The fourth-order valence-corrected chi connectivity index (χ4v) is 1.42. The van der Waals surface area contributed by atoms with Gasteiger partial charge in [0.05, 0.1) is 11.9 Å². The standard InChI is InChI=1S/C12H10N2O2/c15-11(16)7-6-10-8-13-14-12(10)9-4-2-1-3-5-9/h1-8H,(H,13,14)(H,15,16)/b7-6+. The lowest BCUT2D eigenvalue weighted by molar-refractivity contribution is -0.131. The molecule has 16 heavy (non-hydrogen) atoms. The molecule has 0 bridgehead atoms. The van der Waals surface area contributed by atoms with Crippen LogP contribution in [0.5, 0.6) is 0 Å². The zero-order valence-corrected chi connectivity index (χ0v) is 8.42. The van der Waals surface area contributed by atoms with Crippen molar-refractivity contribution >= 4 is 12.0 Å². The molecule has 1 heterocycles. The van der Waals surface area contributed by atoms with Gasteiger partial charge in [0, 0.05) is 17.2 Å². The third kappa shape index (κ3) is 2.17. The van der Waals surface area contributed by atoms with E-state index in [1.807, 2.05) is 30.3 Å². The molecule has 0 amide bonds. The summed E-state index contributed by atoms with van der Waals surface area (Å²) in [5, 5.41) is 15.3. The molecule has 0 atom stereocenters. The number of H-pyrrole nitrogens is 1. The Bertz CT molecular complexity index is 515. The average molecular weight is 214 g/mol. The zero-order chi connectivity index (χ0) is 11.4. The first-order valence-electron chi connectivity index (χ1n) is 4.77. The van der Waals surface area contributed by atoms with Crippen molar-refractivity contribution < 1.29 is 9.90 Å². The number of hydrogen-bond donors (Lipinski definition) is 2. The van der Waals surface area contributed by atoms with Gasteiger partial charge in [0.1, 0.15) is 0 Å². The lowest BCUT2D eigenvalue weighted by Crippen LogP contribution is -1.86. The van der Waals surface area contributed by atoms with E-state index in [9.17, 15) is 4.79 Å². The number of benzene rings is 1. The van der Waals surface area contributed by atoms with Crippen LogP contribution in [0.25, 0.3) is 17.3 Å². The van der Waals surface area contributed by atoms with Crippen LogP contribution in [0.2, 0.25) is 0 Å². The minimum Gasteiger partial charge on any atom is -0.478 e. The summed E-state index contributed by atoms with van der Waals surface area (Å²) in [6, 6.07) is 9.63. The molecule has 2 N–H and O–H groups in total. The number of nitrogens with zero attached hydrogens (tertiary/aromatic N) is 1. The number of carboxylic acid groups (broad SMARTS) is 1. The van der Waals surface area contributed by atoms with Crippen LogP contribution in [0.4, 0.5) is 0 Å². The Morgan fingerprint density at radius 3 is 2.75 bits per heavy atom. The van der Waals surface area contributed by atoms with Crippen LogP contribution in [0.15, 0.2) is 42.6 Å². The molecule has 0 aliphatic rings. The Balaban J connectivity index is 2.37. The van der Waals surface area contributed by atoms with E-state index in [-0.39, 0.29) is 0 Å². The first-order valence-corrected chi connectivity index (χ1v) is 4.77. The third-order valence-corrected chi connectivity index (χ3v) is 2.14. The van der Waals surface area contributed by atoms with Crippen LogP contribution < -0.4 is 0 Å². The Morgan fingerprint density at radius 1 is 1.31 bits per heavy atom. The molecular weight excluding hydrogens is 204 g/mol. The zero-order valence-electron chi connectivity index (χ0n) is 8.42. The molecule has 2 aromatic rings. The van der Waals surface area contributed by atoms with Gasteiger partial charge < -0.3 is 5.11 Å². The van der Waals surface area contributed by atoms with E-state index in [1.165, 1.54) is 6.08 Å². The molecule has 0 saturated heterocycles. The van der Waals surface area contributed by atoms with Gasteiger partial charge in [0.15, 0.2) is 0 Å². The van der Waals surface area contributed by atoms with Crippen molar-refractivity contribution in [2.75, 3.05) is 0 Å². The van der Waals surface area contributed by atoms with E-state index in [1.54, 1.807) is 6.20 Å². The Labute approximate surface area is 92.2 Å². The molecule has 4 nitrogen and oxygen atoms in total. The molecule has 0 saturated carbocycles. The van der Waals surface area contributed by atoms with Gasteiger partial charge in [-0.15, -0.1) is 0 Å². The number of carboxylic acids is 1. The molecule has 0 radical (unpaired) electrons. The van der Waals surface area contributed by atoms with Gasteiger partial charge in [-0.05, 0) is 6.08 Å². The number of rotatable bonds is 3. The fraction of sp³-hybridized carbons (Fsp3) is 0. The van der Waals surface area contributed by atoms with Crippen LogP contribution in [-0.2, 0) is 4.79 Å². The second-order valence-corrected chi connectivity index (χ2v) is 3.24.